The highest BCUT2D eigenvalue weighted by Crippen LogP contribution is 2.31. The van der Waals surface area contributed by atoms with Gasteiger partial charge < -0.3 is 0 Å². The third-order valence-corrected chi connectivity index (χ3v) is 6.92. The van der Waals surface area contributed by atoms with Gasteiger partial charge in [-0.3, -0.25) is 14.2 Å². The first kappa shape index (κ1) is 22.2. The standard InChI is InChI=1S/C27H28N2O2S/c1-5-7-24-28-26-25(22(16-32-26)20-12-9-19(6-2)10-13-20)27(31)29(24)15-23(30)21-11-8-17(3)18(4)14-21/h8-14,16H,5-7,15H2,1-4H3. The molecule has 4 nitrogen and oxygen atoms in total. The molecule has 0 unspecified atom stereocenters. The molecule has 0 fully saturated rings. The molecule has 0 saturated heterocycles. The van der Waals surface area contributed by atoms with Gasteiger partial charge in [-0.25, -0.2) is 4.98 Å². The molecule has 32 heavy (non-hydrogen) atoms. The van der Waals surface area contributed by atoms with E-state index in [2.05, 4.69) is 38.1 Å². The third-order valence-electron chi connectivity index (χ3n) is 6.05. The van der Waals surface area contributed by atoms with Crippen LogP contribution in [0.3, 0.4) is 0 Å². The van der Waals surface area contributed by atoms with Gasteiger partial charge in [0, 0.05) is 22.9 Å². The topological polar surface area (TPSA) is 52.0 Å². The number of aromatic nitrogens is 2. The van der Waals surface area contributed by atoms with E-state index < -0.39 is 0 Å². The first-order valence-electron chi connectivity index (χ1n) is 11.1. The number of fused-ring (bicyclic) bond motifs is 1. The van der Waals surface area contributed by atoms with Gasteiger partial charge in [0.15, 0.2) is 5.78 Å². The van der Waals surface area contributed by atoms with E-state index in [0.29, 0.717) is 23.2 Å². The fraction of sp³-hybridized carbons (Fsp3) is 0.296. The summed E-state index contributed by atoms with van der Waals surface area (Å²) < 4.78 is 1.58. The fourth-order valence-corrected chi connectivity index (χ4v) is 4.88. The molecule has 0 aliphatic heterocycles. The van der Waals surface area contributed by atoms with Crippen molar-refractivity contribution in [2.75, 3.05) is 0 Å². The quantitative estimate of drug-likeness (QED) is 0.322. The van der Waals surface area contributed by atoms with Gasteiger partial charge in [-0.05, 0) is 55.0 Å². The van der Waals surface area contributed by atoms with Crippen molar-refractivity contribution in [2.24, 2.45) is 0 Å². The Labute approximate surface area is 192 Å². The summed E-state index contributed by atoms with van der Waals surface area (Å²) in [6, 6.07) is 14.0. The molecule has 164 valence electrons. The van der Waals surface area contributed by atoms with Crippen LogP contribution in [0.5, 0.6) is 0 Å². The van der Waals surface area contributed by atoms with Crippen LogP contribution < -0.4 is 5.56 Å². The lowest BCUT2D eigenvalue weighted by atomic mass is 10.0. The van der Waals surface area contributed by atoms with Crippen LogP contribution in [0.15, 0.2) is 52.6 Å². The molecule has 2 aromatic carbocycles. The average molecular weight is 445 g/mol. The second-order valence-corrected chi connectivity index (χ2v) is 9.13. The lowest BCUT2D eigenvalue weighted by molar-refractivity contribution is 0.0969. The molecule has 0 bridgehead atoms. The van der Waals surface area contributed by atoms with E-state index in [0.717, 1.165) is 39.9 Å². The second-order valence-electron chi connectivity index (χ2n) is 8.27. The molecule has 0 atom stereocenters. The van der Waals surface area contributed by atoms with Crippen LogP contribution in [0.25, 0.3) is 21.3 Å². The maximum absolute atomic E-state index is 13.7. The van der Waals surface area contributed by atoms with Crippen molar-refractivity contribution < 1.29 is 4.79 Å². The first-order chi connectivity index (χ1) is 15.4. The molecule has 0 aliphatic carbocycles. The van der Waals surface area contributed by atoms with Crippen LogP contribution in [0, 0.1) is 13.8 Å². The summed E-state index contributed by atoms with van der Waals surface area (Å²) >= 11 is 1.49. The molecule has 2 heterocycles. The van der Waals surface area contributed by atoms with Gasteiger partial charge in [0.1, 0.15) is 10.7 Å². The van der Waals surface area contributed by atoms with Gasteiger partial charge in [0.05, 0.1) is 11.9 Å². The summed E-state index contributed by atoms with van der Waals surface area (Å²) in [5.41, 5.74) is 5.86. The number of ketones is 1. The minimum Gasteiger partial charge on any atom is -0.292 e. The Balaban J connectivity index is 1.82. The Hall–Kier alpha value is -3.05. The zero-order valence-corrected chi connectivity index (χ0v) is 19.9. The Morgan fingerprint density at radius 1 is 1.03 bits per heavy atom. The number of rotatable bonds is 7. The molecular weight excluding hydrogens is 416 g/mol. The number of Topliss-reactive ketones (excluding diaryl/α,β-unsaturated/α-hetero) is 1. The Morgan fingerprint density at radius 3 is 2.44 bits per heavy atom. The molecule has 0 spiro atoms. The zero-order valence-electron chi connectivity index (χ0n) is 19.1. The van der Waals surface area contributed by atoms with Crippen molar-refractivity contribution in [3.8, 4) is 11.1 Å². The maximum atomic E-state index is 13.7. The summed E-state index contributed by atoms with van der Waals surface area (Å²) in [6.45, 7) is 8.20. The van der Waals surface area contributed by atoms with Crippen molar-refractivity contribution in [2.45, 2.75) is 53.5 Å². The van der Waals surface area contributed by atoms with E-state index in [4.69, 9.17) is 4.98 Å². The third kappa shape index (κ3) is 4.17. The van der Waals surface area contributed by atoms with Gasteiger partial charge in [-0.2, -0.15) is 0 Å². The molecule has 5 heteroatoms. The summed E-state index contributed by atoms with van der Waals surface area (Å²) in [4.78, 5) is 32.3. The number of carbonyl (C=O) groups is 1. The van der Waals surface area contributed by atoms with E-state index in [9.17, 15) is 9.59 Å². The average Bonchev–Trinajstić information content (AvgIpc) is 3.22. The van der Waals surface area contributed by atoms with Crippen LogP contribution in [0.2, 0.25) is 0 Å². The molecule has 0 N–H and O–H groups in total. The fourth-order valence-electron chi connectivity index (χ4n) is 3.93. The number of hydrogen-bond donors (Lipinski definition) is 0. The number of hydrogen-bond acceptors (Lipinski definition) is 4. The van der Waals surface area contributed by atoms with Crippen molar-refractivity contribution in [3.63, 3.8) is 0 Å². The normalized spacial score (nSPS) is 11.2. The highest BCUT2D eigenvalue weighted by atomic mass is 32.1. The SMILES string of the molecule is CCCc1nc2scc(-c3ccc(CC)cc3)c2c(=O)n1CC(=O)c1ccc(C)c(C)c1. The molecule has 2 aromatic heterocycles. The number of carbonyl (C=O) groups excluding carboxylic acids is 1. The summed E-state index contributed by atoms with van der Waals surface area (Å²) in [5.74, 6) is 0.606. The largest absolute Gasteiger partial charge is 0.292 e. The van der Waals surface area contributed by atoms with Gasteiger partial charge in [0.2, 0.25) is 0 Å². The van der Waals surface area contributed by atoms with E-state index in [1.165, 1.54) is 16.9 Å². The van der Waals surface area contributed by atoms with Crippen molar-refractivity contribution in [1.82, 2.24) is 9.55 Å². The molecule has 0 amide bonds. The van der Waals surface area contributed by atoms with Gasteiger partial charge in [-0.1, -0.05) is 50.2 Å². The Bertz CT molecular complexity index is 1350. The first-order valence-corrected chi connectivity index (χ1v) is 12.0. The maximum Gasteiger partial charge on any atom is 0.263 e. The highest BCUT2D eigenvalue weighted by Gasteiger charge is 2.19. The lowest BCUT2D eigenvalue weighted by Crippen LogP contribution is -2.28. The lowest BCUT2D eigenvalue weighted by Gasteiger charge is -2.13. The van der Waals surface area contributed by atoms with Crippen molar-refractivity contribution >= 4 is 27.3 Å². The number of aryl methyl sites for hydroxylation is 4. The summed E-state index contributed by atoms with van der Waals surface area (Å²) in [6.07, 6.45) is 2.48. The highest BCUT2D eigenvalue weighted by molar-refractivity contribution is 7.17. The van der Waals surface area contributed by atoms with Gasteiger partial charge >= 0.3 is 0 Å². The van der Waals surface area contributed by atoms with Crippen LogP contribution in [0.1, 0.15) is 53.1 Å². The predicted octanol–water partition coefficient (Wildman–Crippen LogP) is 6.14. The number of benzene rings is 2. The molecule has 0 aliphatic rings. The minimum atomic E-state index is -0.133. The van der Waals surface area contributed by atoms with Gasteiger partial charge in [-0.15, -0.1) is 11.3 Å². The molecule has 4 aromatic rings. The van der Waals surface area contributed by atoms with Crippen LogP contribution >= 0.6 is 11.3 Å². The Kier molecular flexibility index (Phi) is 6.38. The van der Waals surface area contributed by atoms with E-state index >= 15 is 0 Å². The molecule has 0 radical (unpaired) electrons. The van der Waals surface area contributed by atoms with Crippen LogP contribution in [-0.4, -0.2) is 15.3 Å². The molecule has 4 rings (SSSR count). The number of thiophene rings is 1. The van der Waals surface area contributed by atoms with E-state index in [1.807, 2.05) is 37.4 Å². The van der Waals surface area contributed by atoms with Crippen molar-refractivity contribution in [1.29, 1.82) is 0 Å². The zero-order chi connectivity index (χ0) is 22.8. The summed E-state index contributed by atoms with van der Waals surface area (Å²) in [5, 5.41) is 2.61. The molecule has 0 saturated carbocycles. The van der Waals surface area contributed by atoms with Crippen LogP contribution in [-0.2, 0) is 19.4 Å². The predicted molar refractivity (Wildman–Crippen MR) is 133 cm³/mol. The minimum absolute atomic E-state index is 0.00364. The summed E-state index contributed by atoms with van der Waals surface area (Å²) in [7, 11) is 0. The Morgan fingerprint density at radius 2 is 1.78 bits per heavy atom. The number of nitrogens with zero attached hydrogens (tertiary/aromatic N) is 2. The molecular formula is C27H28N2O2S. The van der Waals surface area contributed by atoms with Gasteiger partial charge in [0.25, 0.3) is 5.56 Å². The van der Waals surface area contributed by atoms with Crippen molar-refractivity contribution in [3.05, 3.63) is 86.3 Å². The second kappa shape index (κ2) is 9.21. The van der Waals surface area contributed by atoms with Crippen LogP contribution in [0.4, 0.5) is 0 Å². The van der Waals surface area contributed by atoms with E-state index in [1.54, 1.807) is 4.57 Å². The smallest absolute Gasteiger partial charge is 0.263 e. The monoisotopic (exact) mass is 444 g/mol. The van der Waals surface area contributed by atoms with E-state index in [-0.39, 0.29) is 17.9 Å².